The molecule has 6 N–H and O–H groups in total. The highest BCUT2D eigenvalue weighted by atomic mass is 19.4. The first-order valence-electron chi connectivity index (χ1n) is 12.1. The van der Waals surface area contributed by atoms with Crippen LogP contribution in [-0.4, -0.2) is 34.9 Å². The molecule has 44 heavy (non-hydrogen) atoms. The molecule has 0 fully saturated rings. The lowest BCUT2D eigenvalue weighted by Gasteiger charge is -2.33. The van der Waals surface area contributed by atoms with Gasteiger partial charge in [0.2, 0.25) is 0 Å². The second-order valence-electron chi connectivity index (χ2n) is 10.2. The summed E-state index contributed by atoms with van der Waals surface area (Å²) in [4.78, 5) is 0. The van der Waals surface area contributed by atoms with Crippen molar-refractivity contribution in [1.29, 1.82) is 0 Å². The Bertz CT molecular complexity index is 1800. The van der Waals surface area contributed by atoms with Crippen molar-refractivity contribution < 1.29 is 62.9 Å². The summed E-state index contributed by atoms with van der Waals surface area (Å²) in [5.74, 6) is 0. The molecule has 234 valence electrons. The third kappa shape index (κ3) is 4.25. The zero-order chi connectivity index (χ0) is 33.0. The van der Waals surface area contributed by atoms with Crippen LogP contribution in [0.2, 0.25) is 0 Å². The zero-order valence-electron chi connectivity index (χ0n) is 21.4. The monoisotopic (exact) mass is 640 g/mol. The molecule has 0 aliphatic carbocycles. The van der Waals surface area contributed by atoms with Gasteiger partial charge in [-0.3, -0.25) is 0 Å². The predicted molar refractivity (Wildman–Crippen MR) is 137 cm³/mol. The normalized spacial score (nSPS) is 14.3. The Kier molecular flexibility index (Phi) is 6.51. The van der Waals surface area contributed by atoms with E-state index >= 15 is 0 Å². The van der Waals surface area contributed by atoms with Gasteiger partial charge in [0.15, 0.2) is 0 Å². The van der Waals surface area contributed by atoms with Gasteiger partial charge in [0.05, 0.1) is 0 Å². The Morgan fingerprint density at radius 3 is 0.909 bits per heavy atom. The Balaban J connectivity index is 1.75. The number of anilines is 2. The second kappa shape index (κ2) is 9.17. The van der Waals surface area contributed by atoms with Crippen molar-refractivity contribution in [1.82, 2.24) is 0 Å². The topological polar surface area (TPSA) is 92.5 Å². The summed E-state index contributed by atoms with van der Waals surface area (Å²) < 4.78 is 162. The van der Waals surface area contributed by atoms with Crippen molar-refractivity contribution in [3.05, 3.63) is 71.8 Å². The minimum Gasteiger partial charge on any atom is -0.398 e. The van der Waals surface area contributed by atoms with E-state index in [0.717, 1.165) is 12.1 Å². The molecule has 16 heteroatoms. The van der Waals surface area contributed by atoms with Crippen LogP contribution in [0.15, 0.2) is 60.7 Å². The van der Waals surface area contributed by atoms with Crippen LogP contribution in [0.25, 0.3) is 43.1 Å². The first kappa shape index (κ1) is 31.3. The van der Waals surface area contributed by atoms with Crippen molar-refractivity contribution in [2.24, 2.45) is 0 Å². The molecule has 0 saturated heterocycles. The van der Waals surface area contributed by atoms with Gasteiger partial charge in [0.1, 0.15) is 0 Å². The minimum atomic E-state index is -6.18. The smallest absolute Gasteiger partial charge is 0.398 e. The molecular weight excluding hydrogens is 624 g/mol. The number of hydrogen-bond acceptors (Lipinski definition) is 4. The average Bonchev–Trinajstić information content (AvgIpc) is 2.87. The fraction of sp³-hybridized carbons (Fsp3) is 0.214. The molecule has 0 aliphatic heterocycles. The fourth-order valence-corrected chi connectivity index (χ4v) is 5.26. The van der Waals surface area contributed by atoms with Gasteiger partial charge in [0, 0.05) is 33.3 Å². The maximum absolute atomic E-state index is 13.5. The van der Waals surface area contributed by atoms with Gasteiger partial charge in [-0.1, -0.05) is 24.3 Å². The van der Waals surface area contributed by atoms with E-state index in [9.17, 15) is 62.9 Å². The number of nitrogen functional groups attached to an aromatic ring is 2. The SMILES string of the molecule is Nc1c(C(O)(C(F)(F)F)C(F)(F)F)ccc2cc3cc4cc5c(N)c(C(O)(C(F)(F)F)C(F)(F)F)ccc5cc4cc3cc12. The van der Waals surface area contributed by atoms with E-state index in [1.54, 1.807) is 0 Å². The molecule has 0 saturated carbocycles. The molecule has 0 amide bonds. The summed E-state index contributed by atoms with van der Waals surface area (Å²) in [5, 5.41) is 20.3. The quantitative estimate of drug-likeness (QED) is 0.0892. The summed E-state index contributed by atoms with van der Waals surface area (Å²) in [7, 11) is 0. The van der Waals surface area contributed by atoms with E-state index in [1.165, 1.54) is 36.4 Å². The number of aliphatic hydroxyl groups is 2. The van der Waals surface area contributed by atoms with Crippen LogP contribution < -0.4 is 11.5 Å². The summed E-state index contributed by atoms with van der Waals surface area (Å²) in [5.41, 5.74) is -4.33. The third-order valence-corrected chi connectivity index (χ3v) is 7.57. The number of benzene rings is 5. The predicted octanol–water partition coefficient (Wildman–Crippen LogP) is 8.09. The number of hydrogen-bond donors (Lipinski definition) is 4. The average molecular weight is 640 g/mol. The molecule has 5 aromatic rings. The number of rotatable bonds is 2. The van der Waals surface area contributed by atoms with E-state index in [1.807, 2.05) is 0 Å². The van der Waals surface area contributed by atoms with Gasteiger partial charge in [-0.25, -0.2) is 0 Å². The molecule has 0 heterocycles. The molecule has 0 bridgehead atoms. The summed E-state index contributed by atoms with van der Waals surface area (Å²) in [6, 6.07) is 10.3. The van der Waals surface area contributed by atoms with Gasteiger partial charge >= 0.3 is 24.7 Å². The Morgan fingerprint density at radius 2 is 0.636 bits per heavy atom. The number of nitrogens with two attached hydrogens (primary N) is 2. The van der Waals surface area contributed by atoms with Gasteiger partial charge in [-0.2, -0.15) is 52.7 Å². The first-order chi connectivity index (χ1) is 19.9. The molecule has 0 aliphatic rings. The molecule has 5 aromatic carbocycles. The Morgan fingerprint density at radius 1 is 0.386 bits per heavy atom. The van der Waals surface area contributed by atoms with E-state index < -0.39 is 58.4 Å². The molecule has 5 rings (SSSR count). The molecule has 0 unspecified atom stereocenters. The van der Waals surface area contributed by atoms with Crippen molar-refractivity contribution in [2.45, 2.75) is 35.9 Å². The van der Waals surface area contributed by atoms with Gasteiger partial charge in [-0.15, -0.1) is 0 Å². The summed E-state index contributed by atoms with van der Waals surface area (Å²) in [6.45, 7) is 0. The highest BCUT2D eigenvalue weighted by Gasteiger charge is 2.73. The van der Waals surface area contributed by atoms with E-state index in [2.05, 4.69) is 0 Å². The lowest BCUT2D eigenvalue weighted by molar-refractivity contribution is -0.376. The molecular formula is C28H16F12N2O2. The van der Waals surface area contributed by atoms with E-state index in [-0.39, 0.29) is 32.3 Å². The molecule has 0 aromatic heterocycles. The van der Waals surface area contributed by atoms with Gasteiger partial charge < -0.3 is 21.7 Å². The lowest BCUT2D eigenvalue weighted by Crippen LogP contribution is -2.54. The standard InChI is InChI=1S/C28H16F12N2O2/c29-25(30,31)23(43,26(32,33)34)19-3-1-11-5-13-7-16-10-18-12(6-14(16)8-15(13)9-17(11)21(19)41)2-4-20(22(18)42)24(44,27(35,36)37)28(38,39)40/h1-10,43-44H,41-42H2. The number of alkyl halides is 12. The minimum absolute atomic E-state index is 0.0489. The molecule has 0 atom stereocenters. The highest BCUT2D eigenvalue weighted by Crippen LogP contribution is 2.54. The van der Waals surface area contributed by atoms with E-state index in [4.69, 9.17) is 11.5 Å². The first-order valence-corrected chi connectivity index (χ1v) is 12.1. The maximum atomic E-state index is 13.5. The lowest BCUT2D eigenvalue weighted by atomic mass is 9.87. The van der Waals surface area contributed by atoms with Crippen LogP contribution in [0.4, 0.5) is 64.1 Å². The zero-order valence-corrected chi connectivity index (χ0v) is 21.4. The van der Waals surface area contributed by atoms with Gasteiger partial charge in [-0.05, 0) is 68.7 Å². The van der Waals surface area contributed by atoms with Crippen molar-refractivity contribution in [2.75, 3.05) is 11.5 Å². The van der Waals surface area contributed by atoms with Crippen molar-refractivity contribution in [3.8, 4) is 0 Å². The molecule has 0 spiro atoms. The van der Waals surface area contributed by atoms with Crippen LogP contribution in [0.5, 0.6) is 0 Å². The Hall–Kier alpha value is -4.18. The maximum Gasteiger partial charge on any atom is 0.430 e. The third-order valence-electron chi connectivity index (χ3n) is 7.57. The largest absolute Gasteiger partial charge is 0.430 e. The van der Waals surface area contributed by atoms with Crippen LogP contribution in [0, 0.1) is 0 Å². The summed E-state index contributed by atoms with van der Waals surface area (Å²) >= 11 is 0. The summed E-state index contributed by atoms with van der Waals surface area (Å²) in [6.07, 6.45) is -24.7. The highest BCUT2D eigenvalue weighted by molar-refractivity contribution is 6.11. The number of halogens is 12. The molecule has 0 radical (unpaired) electrons. The molecule has 4 nitrogen and oxygen atoms in total. The van der Waals surface area contributed by atoms with Crippen molar-refractivity contribution >= 4 is 54.5 Å². The number of fused-ring (bicyclic) bond motifs is 4. The van der Waals surface area contributed by atoms with Crippen LogP contribution >= 0.6 is 0 Å². The van der Waals surface area contributed by atoms with Crippen LogP contribution in [-0.2, 0) is 11.2 Å². The second-order valence-corrected chi connectivity index (χ2v) is 10.2. The fourth-order valence-electron chi connectivity index (χ4n) is 5.26. The van der Waals surface area contributed by atoms with Crippen LogP contribution in [0.3, 0.4) is 0 Å². The Labute approximate surface area is 237 Å². The van der Waals surface area contributed by atoms with E-state index in [0.29, 0.717) is 22.9 Å². The van der Waals surface area contributed by atoms with Crippen LogP contribution in [0.1, 0.15) is 11.1 Å². The van der Waals surface area contributed by atoms with Crippen molar-refractivity contribution in [3.63, 3.8) is 0 Å². The van der Waals surface area contributed by atoms with Gasteiger partial charge in [0.25, 0.3) is 11.2 Å².